The van der Waals surface area contributed by atoms with Crippen LogP contribution in [-0.4, -0.2) is 36.6 Å². The third kappa shape index (κ3) is 3.29. The summed E-state index contributed by atoms with van der Waals surface area (Å²) in [5.74, 6) is -0.445. The second-order valence-electron chi connectivity index (χ2n) is 7.67. The van der Waals surface area contributed by atoms with Gasteiger partial charge in [0, 0.05) is 17.5 Å². The zero-order valence-electron chi connectivity index (χ0n) is 16.7. The number of nitrogens with zero attached hydrogens (tertiary/aromatic N) is 2. The normalized spacial score (nSPS) is 18.4. The smallest absolute Gasteiger partial charge is 0.340 e. The van der Waals surface area contributed by atoms with Crippen molar-refractivity contribution >= 4 is 17.7 Å². The Hall–Kier alpha value is -2.80. The van der Waals surface area contributed by atoms with Crippen LogP contribution in [0.2, 0.25) is 0 Å². The minimum absolute atomic E-state index is 0.000157. The Labute approximate surface area is 168 Å². The number of fused-ring (bicyclic) bond motifs is 3. The molecule has 4 rings (SSSR count). The van der Waals surface area contributed by atoms with E-state index in [1.807, 2.05) is 13.8 Å². The van der Waals surface area contributed by atoms with E-state index in [9.17, 15) is 14.0 Å². The van der Waals surface area contributed by atoms with E-state index in [2.05, 4.69) is 0 Å². The van der Waals surface area contributed by atoms with Crippen LogP contribution < -0.4 is 4.90 Å². The first-order chi connectivity index (χ1) is 13.9. The summed E-state index contributed by atoms with van der Waals surface area (Å²) >= 11 is 0. The quantitative estimate of drug-likeness (QED) is 0.735. The molecule has 0 N–H and O–H groups in total. The number of ether oxygens (including phenoxy) is 2. The summed E-state index contributed by atoms with van der Waals surface area (Å²) in [6, 6.07) is 5.87. The number of benzene rings is 1. The highest BCUT2D eigenvalue weighted by Gasteiger charge is 2.39. The lowest BCUT2D eigenvalue weighted by molar-refractivity contribution is -0.117. The van der Waals surface area contributed by atoms with Crippen molar-refractivity contribution < 1.29 is 23.5 Å². The summed E-state index contributed by atoms with van der Waals surface area (Å²) in [5, 5.41) is 0. The van der Waals surface area contributed by atoms with Gasteiger partial charge in [0.25, 0.3) is 0 Å². The van der Waals surface area contributed by atoms with Gasteiger partial charge in [-0.1, -0.05) is 26.0 Å². The number of aromatic nitrogens is 1. The number of carbonyl (C=O) groups excluding carboxylic acids is 2. The third-order valence-electron chi connectivity index (χ3n) is 5.48. The maximum Gasteiger partial charge on any atom is 0.340 e. The molecule has 152 valence electrons. The van der Waals surface area contributed by atoms with Gasteiger partial charge in [0.1, 0.15) is 11.6 Å². The molecule has 0 spiro atoms. The van der Waals surface area contributed by atoms with E-state index in [0.29, 0.717) is 53.2 Å². The third-order valence-corrected chi connectivity index (χ3v) is 5.48. The van der Waals surface area contributed by atoms with Crippen molar-refractivity contribution in [1.29, 1.82) is 0 Å². The van der Waals surface area contributed by atoms with Crippen LogP contribution in [-0.2, 0) is 20.9 Å². The number of hydrogen-bond acceptors (Lipinski definition) is 5. The topological polar surface area (TPSA) is 68.7 Å². The molecule has 1 aromatic carbocycles. The molecule has 0 radical (unpaired) electrons. The monoisotopic (exact) mass is 398 g/mol. The number of anilines is 1. The van der Waals surface area contributed by atoms with Crippen molar-refractivity contribution in [3.8, 4) is 11.1 Å². The van der Waals surface area contributed by atoms with Gasteiger partial charge in [0.05, 0.1) is 37.6 Å². The molecule has 0 aliphatic carbocycles. The van der Waals surface area contributed by atoms with E-state index in [1.54, 1.807) is 17.0 Å². The van der Waals surface area contributed by atoms with E-state index in [1.165, 1.54) is 19.2 Å². The molecule has 2 aromatic rings. The Morgan fingerprint density at radius 3 is 2.69 bits per heavy atom. The summed E-state index contributed by atoms with van der Waals surface area (Å²) < 4.78 is 24.5. The summed E-state index contributed by atoms with van der Waals surface area (Å²) in [4.78, 5) is 32.0. The average Bonchev–Trinajstić information content (AvgIpc) is 2.96. The zero-order chi connectivity index (χ0) is 20.7. The summed E-state index contributed by atoms with van der Waals surface area (Å²) in [7, 11) is 1.32. The molecule has 6 nitrogen and oxygen atoms in total. The number of rotatable bonds is 3. The molecule has 3 heterocycles. The Kier molecular flexibility index (Phi) is 5.08. The van der Waals surface area contributed by atoms with Crippen LogP contribution in [0.3, 0.4) is 0 Å². The Bertz CT molecular complexity index is 972. The van der Waals surface area contributed by atoms with Crippen LogP contribution in [0.4, 0.5) is 10.2 Å². The number of methoxy groups -OCH3 is 1. The van der Waals surface area contributed by atoms with Crippen molar-refractivity contribution in [1.82, 2.24) is 4.98 Å². The number of halogens is 1. The standard InChI is InChI=1S/C22H23FN2O4/c1-12(2)20-19(22(27)28-3)18(13-4-6-14(23)7-5-13)16-11-29-10-15-8-9-17(26)25(15)21(16)24-20/h4-7,12,15H,8-11H2,1-3H3/t15-/m1/s1. The van der Waals surface area contributed by atoms with Crippen molar-refractivity contribution in [3.05, 3.63) is 46.9 Å². The van der Waals surface area contributed by atoms with Gasteiger partial charge in [-0.3, -0.25) is 9.69 Å². The highest BCUT2D eigenvalue weighted by atomic mass is 19.1. The second kappa shape index (κ2) is 7.55. The molecule has 7 heteroatoms. The fourth-order valence-corrected chi connectivity index (χ4v) is 4.12. The Balaban J connectivity index is 2.07. The molecule has 0 saturated carbocycles. The van der Waals surface area contributed by atoms with Gasteiger partial charge >= 0.3 is 5.97 Å². The maximum atomic E-state index is 13.6. The van der Waals surface area contributed by atoms with E-state index in [-0.39, 0.29) is 30.3 Å². The number of carbonyl (C=O) groups is 2. The lowest BCUT2D eigenvalue weighted by atomic mass is 9.90. The summed E-state index contributed by atoms with van der Waals surface area (Å²) in [5.41, 5.74) is 2.78. The average molecular weight is 398 g/mol. The first kappa shape index (κ1) is 19.5. The van der Waals surface area contributed by atoms with Crippen LogP contribution in [0, 0.1) is 5.82 Å². The van der Waals surface area contributed by atoms with E-state index in [4.69, 9.17) is 14.5 Å². The molecule has 29 heavy (non-hydrogen) atoms. The molecular formula is C22H23FN2O4. The summed E-state index contributed by atoms with van der Waals surface area (Å²) in [6.07, 6.45) is 1.15. The lowest BCUT2D eigenvalue weighted by Gasteiger charge is -2.26. The molecule has 1 amide bonds. The largest absolute Gasteiger partial charge is 0.465 e. The van der Waals surface area contributed by atoms with Crippen LogP contribution in [0.5, 0.6) is 0 Å². The van der Waals surface area contributed by atoms with E-state index < -0.39 is 5.97 Å². The fraction of sp³-hybridized carbons (Fsp3) is 0.409. The van der Waals surface area contributed by atoms with Gasteiger partial charge in [0.15, 0.2) is 0 Å². The zero-order valence-corrected chi connectivity index (χ0v) is 16.7. The van der Waals surface area contributed by atoms with Crippen LogP contribution in [0.25, 0.3) is 11.1 Å². The van der Waals surface area contributed by atoms with Crippen molar-refractivity contribution in [3.63, 3.8) is 0 Å². The minimum atomic E-state index is -0.517. The molecule has 2 aliphatic rings. The Morgan fingerprint density at radius 1 is 1.31 bits per heavy atom. The van der Waals surface area contributed by atoms with Gasteiger partial charge < -0.3 is 9.47 Å². The number of esters is 1. The molecule has 1 aromatic heterocycles. The first-order valence-electron chi connectivity index (χ1n) is 9.73. The molecule has 1 fully saturated rings. The highest BCUT2D eigenvalue weighted by molar-refractivity contribution is 6.03. The molecule has 2 aliphatic heterocycles. The summed E-state index contributed by atoms with van der Waals surface area (Å²) in [6.45, 7) is 4.49. The minimum Gasteiger partial charge on any atom is -0.465 e. The molecule has 1 saturated heterocycles. The van der Waals surface area contributed by atoms with Gasteiger partial charge in [-0.05, 0) is 30.0 Å². The van der Waals surface area contributed by atoms with Crippen molar-refractivity contribution in [2.45, 2.75) is 45.3 Å². The highest BCUT2D eigenvalue weighted by Crippen LogP contribution is 2.41. The molecule has 1 atom stereocenters. The fourth-order valence-electron chi connectivity index (χ4n) is 4.12. The van der Waals surface area contributed by atoms with Crippen LogP contribution in [0.15, 0.2) is 24.3 Å². The second-order valence-corrected chi connectivity index (χ2v) is 7.67. The van der Waals surface area contributed by atoms with Gasteiger partial charge in [0.2, 0.25) is 5.91 Å². The van der Waals surface area contributed by atoms with Crippen LogP contribution in [0.1, 0.15) is 54.2 Å². The van der Waals surface area contributed by atoms with E-state index in [0.717, 1.165) is 0 Å². The van der Waals surface area contributed by atoms with Crippen LogP contribution >= 0.6 is 0 Å². The number of hydrogen-bond donors (Lipinski definition) is 0. The SMILES string of the molecule is COC(=O)c1c(C(C)C)nc2c(c1-c1ccc(F)cc1)COC[C@H]1CCC(=O)N21. The predicted molar refractivity (Wildman–Crippen MR) is 105 cm³/mol. The van der Waals surface area contributed by atoms with Crippen molar-refractivity contribution in [2.24, 2.45) is 0 Å². The molecule has 0 bridgehead atoms. The molecule has 0 unspecified atom stereocenters. The number of pyridine rings is 1. The number of amides is 1. The lowest BCUT2D eigenvalue weighted by Crippen LogP contribution is -2.36. The van der Waals surface area contributed by atoms with Gasteiger partial charge in [-0.25, -0.2) is 14.2 Å². The molecular weight excluding hydrogens is 375 g/mol. The maximum absolute atomic E-state index is 13.6. The van der Waals surface area contributed by atoms with E-state index >= 15 is 0 Å². The first-order valence-corrected chi connectivity index (χ1v) is 9.73. The van der Waals surface area contributed by atoms with Crippen molar-refractivity contribution in [2.75, 3.05) is 18.6 Å². The Morgan fingerprint density at radius 2 is 2.03 bits per heavy atom. The predicted octanol–water partition coefficient (Wildman–Crippen LogP) is 3.82. The van der Waals surface area contributed by atoms with Gasteiger partial charge in [-0.15, -0.1) is 0 Å². The van der Waals surface area contributed by atoms with Gasteiger partial charge in [-0.2, -0.15) is 0 Å².